The third-order valence-corrected chi connectivity index (χ3v) is 5.37. The molecule has 0 aliphatic carbocycles. The Balaban J connectivity index is 2.11. The van der Waals surface area contributed by atoms with Gasteiger partial charge < -0.3 is 5.11 Å². The molecule has 1 amide bonds. The molecule has 0 saturated heterocycles. The van der Waals surface area contributed by atoms with E-state index in [2.05, 4.69) is 46.6 Å². The Bertz CT molecular complexity index is 1030. The second-order valence-corrected chi connectivity index (χ2v) is 10.2. The average Bonchev–Trinajstić information content (AvgIpc) is 2.89. The number of carbonyl (C=O) groups excluding carboxylic acids is 1. The summed E-state index contributed by atoms with van der Waals surface area (Å²) in [5.41, 5.74) is 5.28. The second-order valence-electron chi connectivity index (χ2n) is 10.2. The van der Waals surface area contributed by atoms with Crippen molar-refractivity contribution in [1.82, 2.24) is 0 Å². The molecule has 0 saturated carbocycles. The first-order valence-electron chi connectivity index (χ1n) is 10.4. The number of nitrogens with zero attached hydrogens (tertiary/aromatic N) is 2. The molecule has 4 heteroatoms. The minimum atomic E-state index is -0.227. The molecule has 4 nitrogen and oxygen atoms in total. The number of amides is 1. The van der Waals surface area contributed by atoms with Crippen LogP contribution in [0.5, 0.6) is 5.75 Å². The Morgan fingerprint density at radius 3 is 2.00 bits per heavy atom. The van der Waals surface area contributed by atoms with Crippen molar-refractivity contribution in [2.45, 2.75) is 66.2 Å². The number of rotatable bonds is 2. The van der Waals surface area contributed by atoms with Gasteiger partial charge in [-0.1, -0.05) is 53.7 Å². The lowest BCUT2D eigenvalue weighted by Crippen LogP contribution is -2.21. The van der Waals surface area contributed by atoms with Crippen LogP contribution in [0, 0.1) is 6.92 Å². The topological polar surface area (TPSA) is 52.9 Å². The fourth-order valence-corrected chi connectivity index (χ4v) is 3.67. The number of carbonyl (C=O) groups is 1. The lowest BCUT2D eigenvalue weighted by atomic mass is 9.78. The van der Waals surface area contributed by atoms with Crippen molar-refractivity contribution in [2.24, 2.45) is 5.10 Å². The highest BCUT2D eigenvalue weighted by atomic mass is 16.3. The number of hydrogen-bond donors (Lipinski definition) is 1. The van der Waals surface area contributed by atoms with E-state index in [0.29, 0.717) is 17.0 Å². The predicted molar refractivity (Wildman–Crippen MR) is 125 cm³/mol. The molecule has 158 valence electrons. The van der Waals surface area contributed by atoms with Crippen molar-refractivity contribution in [1.29, 1.82) is 0 Å². The summed E-state index contributed by atoms with van der Waals surface area (Å²) in [5.74, 6) is 0.197. The molecular weight excluding hydrogens is 372 g/mol. The Morgan fingerprint density at radius 2 is 1.50 bits per heavy atom. The zero-order valence-corrected chi connectivity index (χ0v) is 19.3. The number of phenolic OH excluding ortho intramolecular Hbond substituents is 1. The van der Waals surface area contributed by atoms with E-state index >= 15 is 0 Å². The number of phenols is 1. The van der Waals surface area contributed by atoms with Gasteiger partial charge in [0.1, 0.15) is 5.75 Å². The van der Waals surface area contributed by atoms with Gasteiger partial charge in [-0.15, -0.1) is 0 Å². The molecule has 2 aromatic rings. The van der Waals surface area contributed by atoms with E-state index in [-0.39, 0.29) is 16.7 Å². The van der Waals surface area contributed by atoms with Gasteiger partial charge in [0.15, 0.2) is 0 Å². The normalized spacial score (nSPS) is 16.4. The van der Waals surface area contributed by atoms with Crippen molar-refractivity contribution >= 4 is 23.4 Å². The molecule has 1 N–H and O–H groups in total. The van der Waals surface area contributed by atoms with Gasteiger partial charge in [-0.05, 0) is 66.1 Å². The van der Waals surface area contributed by atoms with Gasteiger partial charge in [0.05, 0.1) is 17.0 Å². The van der Waals surface area contributed by atoms with Crippen LogP contribution in [-0.2, 0) is 15.6 Å². The van der Waals surface area contributed by atoms with Crippen LogP contribution < -0.4 is 5.01 Å². The van der Waals surface area contributed by atoms with Gasteiger partial charge in [-0.3, -0.25) is 4.79 Å². The van der Waals surface area contributed by atoms with Gasteiger partial charge in [0, 0.05) is 11.1 Å². The van der Waals surface area contributed by atoms with Crippen LogP contribution in [0.4, 0.5) is 5.69 Å². The number of aromatic hydroxyl groups is 1. The predicted octanol–water partition coefficient (Wildman–Crippen LogP) is 6.10. The molecule has 30 heavy (non-hydrogen) atoms. The zero-order valence-electron chi connectivity index (χ0n) is 19.3. The maximum absolute atomic E-state index is 13.2. The molecule has 2 aromatic carbocycles. The summed E-state index contributed by atoms with van der Waals surface area (Å²) in [6, 6.07) is 11.7. The van der Waals surface area contributed by atoms with Gasteiger partial charge in [-0.25, -0.2) is 0 Å². The highest BCUT2D eigenvalue weighted by Crippen LogP contribution is 2.40. The molecule has 1 aliphatic rings. The molecule has 1 aliphatic heterocycles. The number of hydrogen-bond acceptors (Lipinski definition) is 3. The lowest BCUT2D eigenvalue weighted by Gasteiger charge is -2.28. The van der Waals surface area contributed by atoms with Crippen molar-refractivity contribution in [2.75, 3.05) is 5.01 Å². The maximum Gasteiger partial charge on any atom is 0.280 e. The summed E-state index contributed by atoms with van der Waals surface area (Å²) >= 11 is 0. The van der Waals surface area contributed by atoms with Gasteiger partial charge in [0.2, 0.25) is 0 Å². The minimum absolute atomic E-state index is 0.138. The van der Waals surface area contributed by atoms with Crippen LogP contribution >= 0.6 is 0 Å². The van der Waals surface area contributed by atoms with E-state index < -0.39 is 0 Å². The Kier molecular flexibility index (Phi) is 5.40. The molecule has 0 atom stereocenters. The molecule has 0 fully saturated rings. The quantitative estimate of drug-likeness (QED) is 0.615. The SMILES string of the molecule is CC1=NN(c2cccc(C)c2)C(=O)/C1=C/c1cc(C(C)(C)C)c(O)c(C(C)(C)C)c1. The van der Waals surface area contributed by atoms with Crippen LogP contribution in [0.2, 0.25) is 0 Å². The molecule has 0 radical (unpaired) electrons. The van der Waals surface area contributed by atoms with E-state index in [1.165, 1.54) is 5.01 Å². The standard InChI is InChI=1S/C26H32N2O2/c1-16-10-9-11-19(12-16)28-24(30)20(17(2)27-28)13-18-14-21(25(3,4)5)23(29)22(15-18)26(6,7)8/h9-15,29H,1-8H3/b20-13+. The number of benzene rings is 2. The van der Waals surface area contributed by atoms with Crippen molar-refractivity contribution in [3.8, 4) is 5.75 Å². The van der Waals surface area contributed by atoms with E-state index in [1.807, 2.05) is 56.3 Å². The molecular formula is C26H32N2O2. The van der Waals surface area contributed by atoms with E-state index in [9.17, 15) is 9.90 Å². The first kappa shape index (κ1) is 21.8. The summed E-state index contributed by atoms with van der Waals surface area (Å²) in [6.07, 6.45) is 1.89. The van der Waals surface area contributed by atoms with E-state index in [4.69, 9.17) is 0 Å². The summed E-state index contributed by atoms with van der Waals surface area (Å²) in [5, 5.41) is 16.9. The molecule has 0 spiro atoms. The van der Waals surface area contributed by atoms with E-state index in [0.717, 1.165) is 27.9 Å². The van der Waals surface area contributed by atoms with Crippen LogP contribution in [0.3, 0.4) is 0 Å². The average molecular weight is 405 g/mol. The van der Waals surface area contributed by atoms with Gasteiger partial charge in [-0.2, -0.15) is 10.1 Å². The minimum Gasteiger partial charge on any atom is -0.507 e. The molecule has 1 heterocycles. The molecule has 0 unspecified atom stereocenters. The summed E-state index contributed by atoms with van der Waals surface area (Å²) in [7, 11) is 0. The first-order valence-corrected chi connectivity index (χ1v) is 10.4. The number of aryl methyl sites for hydroxylation is 1. The Hall–Kier alpha value is -2.88. The Labute approximate surface area is 179 Å². The molecule has 0 aromatic heterocycles. The summed E-state index contributed by atoms with van der Waals surface area (Å²) in [6.45, 7) is 16.3. The van der Waals surface area contributed by atoms with Crippen LogP contribution in [0.25, 0.3) is 6.08 Å². The van der Waals surface area contributed by atoms with Crippen LogP contribution in [-0.4, -0.2) is 16.7 Å². The first-order chi connectivity index (χ1) is 13.8. The van der Waals surface area contributed by atoms with Gasteiger partial charge in [0.25, 0.3) is 5.91 Å². The molecule has 3 rings (SSSR count). The maximum atomic E-state index is 13.2. The van der Waals surface area contributed by atoms with Crippen LogP contribution in [0.1, 0.15) is 70.7 Å². The fraction of sp³-hybridized carbons (Fsp3) is 0.385. The highest BCUT2D eigenvalue weighted by molar-refractivity contribution is 6.32. The lowest BCUT2D eigenvalue weighted by molar-refractivity contribution is -0.114. The van der Waals surface area contributed by atoms with E-state index in [1.54, 1.807) is 0 Å². The summed E-state index contributed by atoms with van der Waals surface area (Å²) in [4.78, 5) is 13.2. The monoisotopic (exact) mass is 404 g/mol. The second kappa shape index (κ2) is 7.42. The smallest absolute Gasteiger partial charge is 0.280 e. The zero-order chi connectivity index (χ0) is 22.4. The fourth-order valence-electron chi connectivity index (χ4n) is 3.67. The molecule has 0 bridgehead atoms. The van der Waals surface area contributed by atoms with Crippen molar-refractivity contribution in [3.05, 3.63) is 64.2 Å². The third kappa shape index (κ3) is 4.18. The Morgan fingerprint density at radius 1 is 0.933 bits per heavy atom. The third-order valence-electron chi connectivity index (χ3n) is 5.37. The largest absolute Gasteiger partial charge is 0.507 e. The van der Waals surface area contributed by atoms with Gasteiger partial charge >= 0.3 is 0 Å². The highest BCUT2D eigenvalue weighted by Gasteiger charge is 2.30. The number of anilines is 1. The number of hydrazone groups is 1. The summed E-state index contributed by atoms with van der Waals surface area (Å²) < 4.78 is 0. The van der Waals surface area contributed by atoms with Crippen LogP contribution in [0.15, 0.2) is 47.1 Å². The van der Waals surface area contributed by atoms with Crippen molar-refractivity contribution < 1.29 is 9.90 Å². The van der Waals surface area contributed by atoms with Crippen molar-refractivity contribution in [3.63, 3.8) is 0 Å².